The van der Waals surface area contributed by atoms with Gasteiger partial charge in [-0.1, -0.05) is 30.3 Å². The van der Waals surface area contributed by atoms with Crippen LogP contribution in [0.5, 0.6) is 0 Å². The van der Waals surface area contributed by atoms with Gasteiger partial charge in [0, 0.05) is 17.7 Å². The molecule has 0 spiro atoms. The van der Waals surface area contributed by atoms with Crippen LogP contribution in [0.4, 0.5) is 27.6 Å². The van der Waals surface area contributed by atoms with Crippen molar-refractivity contribution in [1.82, 2.24) is 15.3 Å². The van der Waals surface area contributed by atoms with E-state index < -0.39 is 35.8 Å². The standard InChI is InChI=1S/C27H22F5N5O3/c1-14-10-17(23(33)39)6-8-19(14)16-4-2-15(3-5-16)11-22(34-13-38)24(40)35-18-7-9-20-21(12-18)37-25(36-20)26(28,29)27(30,31)32/h2-10,12-13,22H,11H2,1H3,(H2,33,39)(H,34,38)(H,35,40)(H,36,37)/t22-/m0/s1. The second-order valence-electron chi connectivity index (χ2n) is 9.01. The van der Waals surface area contributed by atoms with Gasteiger partial charge < -0.3 is 21.4 Å². The highest BCUT2D eigenvalue weighted by Crippen LogP contribution is 2.43. The van der Waals surface area contributed by atoms with Gasteiger partial charge in [0.25, 0.3) is 0 Å². The summed E-state index contributed by atoms with van der Waals surface area (Å²) in [4.78, 5) is 40.7. The molecule has 3 aromatic carbocycles. The van der Waals surface area contributed by atoms with E-state index in [-0.39, 0.29) is 23.1 Å². The molecule has 4 rings (SSSR count). The summed E-state index contributed by atoms with van der Waals surface area (Å²) in [5.74, 6) is -7.93. The molecule has 0 aliphatic carbocycles. The van der Waals surface area contributed by atoms with Gasteiger partial charge in [0.05, 0.1) is 11.0 Å². The lowest BCUT2D eigenvalue weighted by atomic mass is 9.96. The number of amides is 3. The van der Waals surface area contributed by atoms with Crippen molar-refractivity contribution < 1.29 is 36.3 Å². The first-order valence-electron chi connectivity index (χ1n) is 11.8. The summed E-state index contributed by atoms with van der Waals surface area (Å²) < 4.78 is 65.4. The first-order chi connectivity index (χ1) is 18.8. The quantitative estimate of drug-likeness (QED) is 0.177. The predicted molar refractivity (Wildman–Crippen MR) is 136 cm³/mol. The van der Waals surface area contributed by atoms with Crippen molar-refractivity contribution in [2.45, 2.75) is 31.5 Å². The fourth-order valence-corrected chi connectivity index (χ4v) is 4.11. The number of aromatic nitrogens is 2. The average molecular weight is 559 g/mol. The molecule has 5 N–H and O–H groups in total. The fraction of sp³-hybridized carbons (Fsp3) is 0.185. The second kappa shape index (κ2) is 10.8. The number of anilines is 1. The van der Waals surface area contributed by atoms with E-state index in [9.17, 15) is 36.3 Å². The van der Waals surface area contributed by atoms with Gasteiger partial charge in [-0.3, -0.25) is 14.4 Å². The smallest absolute Gasteiger partial charge is 0.366 e. The Labute approximate surface area is 223 Å². The molecule has 40 heavy (non-hydrogen) atoms. The highest BCUT2D eigenvalue weighted by atomic mass is 19.4. The Bertz CT molecular complexity index is 1580. The Morgan fingerprint density at radius 2 is 1.73 bits per heavy atom. The zero-order valence-electron chi connectivity index (χ0n) is 20.8. The summed E-state index contributed by atoms with van der Waals surface area (Å²) in [5, 5.41) is 4.94. The third-order valence-electron chi connectivity index (χ3n) is 6.20. The number of carbonyl (C=O) groups excluding carboxylic acids is 3. The molecule has 208 valence electrons. The molecular formula is C27H22F5N5O3. The Hall–Kier alpha value is -4.81. The predicted octanol–water partition coefficient (Wildman–Crippen LogP) is 4.59. The van der Waals surface area contributed by atoms with Gasteiger partial charge in [-0.2, -0.15) is 22.0 Å². The number of hydrogen-bond donors (Lipinski definition) is 4. The van der Waals surface area contributed by atoms with E-state index in [0.717, 1.165) is 22.8 Å². The summed E-state index contributed by atoms with van der Waals surface area (Å²) in [6.45, 7) is 1.84. The van der Waals surface area contributed by atoms with Gasteiger partial charge in [-0.25, -0.2) is 4.98 Å². The van der Waals surface area contributed by atoms with Crippen molar-refractivity contribution in [1.29, 1.82) is 0 Å². The van der Waals surface area contributed by atoms with E-state index in [4.69, 9.17) is 5.73 Å². The molecule has 0 radical (unpaired) electrons. The van der Waals surface area contributed by atoms with Crippen molar-refractivity contribution >= 4 is 34.9 Å². The molecule has 0 aliphatic rings. The lowest BCUT2D eigenvalue weighted by Gasteiger charge is -2.17. The molecular weight excluding hydrogens is 537 g/mol. The number of halogens is 5. The van der Waals surface area contributed by atoms with Crippen LogP contribution in [0.15, 0.2) is 60.7 Å². The van der Waals surface area contributed by atoms with Crippen LogP contribution in [-0.2, 0) is 21.9 Å². The van der Waals surface area contributed by atoms with Crippen LogP contribution in [-0.4, -0.2) is 40.4 Å². The maximum absolute atomic E-state index is 13.6. The van der Waals surface area contributed by atoms with Crippen molar-refractivity contribution in [2.75, 3.05) is 5.32 Å². The monoisotopic (exact) mass is 559 g/mol. The van der Waals surface area contributed by atoms with Crippen LogP contribution in [0.3, 0.4) is 0 Å². The van der Waals surface area contributed by atoms with Crippen LogP contribution in [0, 0.1) is 6.92 Å². The first kappa shape index (κ1) is 28.2. The number of H-pyrrole nitrogens is 1. The molecule has 0 bridgehead atoms. The molecule has 1 aromatic heterocycles. The average Bonchev–Trinajstić information content (AvgIpc) is 3.32. The van der Waals surface area contributed by atoms with Gasteiger partial charge in [-0.05, 0) is 59.5 Å². The lowest BCUT2D eigenvalue weighted by Crippen LogP contribution is -2.41. The minimum Gasteiger partial charge on any atom is -0.366 e. The maximum Gasteiger partial charge on any atom is 0.461 e. The first-order valence-corrected chi connectivity index (χ1v) is 11.8. The van der Waals surface area contributed by atoms with E-state index in [1.807, 2.05) is 24.0 Å². The lowest BCUT2D eigenvalue weighted by molar-refractivity contribution is -0.292. The summed E-state index contributed by atoms with van der Waals surface area (Å²) in [6, 6.07) is 14.8. The van der Waals surface area contributed by atoms with Crippen LogP contribution in [0.2, 0.25) is 0 Å². The number of imidazole rings is 1. The molecule has 1 heterocycles. The summed E-state index contributed by atoms with van der Waals surface area (Å²) in [5.41, 5.74) is 8.77. The molecule has 0 unspecified atom stereocenters. The number of carbonyl (C=O) groups is 3. The van der Waals surface area contributed by atoms with E-state index in [2.05, 4.69) is 15.6 Å². The van der Waals surface area contributed by atoms with Crippen molar-refractivity contribution in [3.8, 4) is 11.1 Å². The van der Waals surface area contributed by atoms with Crippen molar-refractivity contribution in [3.63, 3.8) is 0 Å². The van der Waals surface area contributed by atoms with Gasteiger partial charge in [0.2, 0.25) is 18.2 Å². The number of aromatic amines is 1. The summed E-state index contributed by atoms with van der Waals surface area (Å²) in [6.07, 6.45) is -5.39. The Balaban J connectivity index is 1.49. The van der Waals surface area contributed by atoms with E-state index in [0.29, 0.717) is 17.5 Å². The molecule has 0 saturated carbocycles. The van der Waals surface area contributed by atoms with Crippen LogP contribution < -0.4 is 16.4 Å². The van der Waals surface area contributed by atoms with Gasteiger partial charge >= 0.3 is 12.1 Å². The van der Waals surface area contributed by atoms with Gasteiger partial charge in [0.1, 0.15) is 6.04 Å². The normalized spacial score (nSPS) is 12.7. The topological polar surface area (TPSA) is 130 Å². The number of rotatable bonds is 9. The largest absolute Gasteiger partial charge is 0.461 e. The second-order valence-corrected chi connectivity index (χ2v) is 9.01. The molecule has 1 atom stereocenters. The number of nitrogens with zero attached hydrogens (tertiary/aromatic N) is 1. The van der Waals surface area contributed by atoms with Crippen LogP contribution in [0.25, 0.3) is 22.2 Å². The number of nitrogens with two attached hydrogens (primary N) is 1. The van der Waals surface area contributed by atoms with Crippen molar-refractivity contribution in [3.05, 3.63) is 83.2 Å². The number of benzene rings is 3. The SMILES string of the molecule is Cc1cc(C(N)=O)ccc1-c1ccc(C[C@H](NC=O)C(=O)Nc2ccc3nc(C(F)(F)C(F)(F)F)[nH]c3c2)cc1. The minimum atomic E-state index is -5.84. The molecule has 3 amide bonds. The molecule has 8 nitrogen and oxygen atoms in total. The number of fused-ring (bicyclic) bond motifs is 1. The number of hydrogen-bond acceptors (Lipinski definition) is 4. The highest BCUT2D eigenvalue weighted by Gasteiger charge is 2.61. The Morgan fingerprint density at radius 3 is 2.33 bits per heavy atom. The van der Waals surface area contributed by atoms with E-state index >= 15 is 0 Å². The van der Waals surface area contributed by atoms with Gasteiger partial charge in [0.15, 0.2) is 5.82 Å². The maximum atomic E-state index is 13.6. The number of alkyl halides is 5. The fourth-order valence-electron chi connectivity index (χ4n) is 4.11. The molecule has 0 aliphatic heterocycles. The number of aryl methyl sites for hydroxylation is 1. The molecule has 0 fully saturated rings. The van der Waals surface area contributed by atoms with Crippen LogP contribution in [0.1, 0.15) is 27.3 Å². The minimum absolute atomic E-state index is 0.0888. The molecule has 4 aromatic rings. The zero-order valence-corrected chi connectivity index (χ0v) is 20.8. The summed E-state index contributed by atoms with van der Waals surface area (Å²) >= 11 is 0. The number of primary amides is 1. The number of nitrogens with one attached hydrogen (secondary N) is 3. The third-order valence-corrected chi connectivity index (χ3v) is 6.20. The third kappa shape index (κ3) is 5.77. The van der Waals surface area contributed by atoms with Crippen LogP contribution >= 0.6 is 0 Å². The zero-order chi connectivity index (χ0) is 29.2. The Morgan fingerprint density at radius 1 is 1.02 bits per heavy atom. The Kier molecular flexibility index (Phi) is 7.58. The van der Waals surface area contributed by atoms with E-state index in [1.54, 1.807) is 30.3 Å². The molecule has 13 heteroatoms. The van der Waals surface area contributed by atoms with Gasteiger partial charge in [-0.15, -0.1) is 0 Å². The summed E-state index contributed by atoms with van der Waals surface area (Å²) in [7, 11) is 0. The van der Waals surface area contributed by atoms with E-state index in [1.165, 1.54) is 12.1 Å². The highest BCUT2D eigenvalue weighted by molar-refractivity contribution is 5.97. The molecule has 0 saturated heterocycles. The van der Waals surface area contributed by atoms with Crippen molar-refractivity contribution in [2.24, 2.45) is 5.73 Å².